The number of anilines is 1. The molecule has 8 nitrogen and oxygen atoms in total. The van der Waals surface area contributed by atoms with Crippen molar-refractivity contribution < 1.29 is 19.2 Å². The van der Waals surface area contributed by atoms with Gasteiger partial charge in [0.25, 0.3) is 5.91 Å². The molecule has 2 unspecified atom stereocenters. The van der Waals surface area contributed by atoms with Crippen molar-refractivity contribution in [3.8, 4) is 0 Å². The fourth-order valence-corrected chi connectivity index (χ4v) is 2.36. The van der Waals surface area contributed by atoms with E-state index >= 15 is 0 Å². The highest BCUT2D eigenvalue weighted by molar-refractivity contribution is 6.02. The van der Waals surface area contributed by atoms with Gasteiger partial charge in [-0.2, -0.15) is 0 Å². The van der Waals surface area contributed by atoms with E-state index in [2.05, 4.69) is 16.1 Å². The number of hydrogen-bond acceptors (Lipinski definition) is 4. The van der Waals surface area contributed by atoms with Gasteiger partial charge in [-0.05, 0) is 44.5 Å². The van der Waals surface area contributed by atoms with Crippen LogP contribution in [0.4, 0.5) is 5.69 Å². The number of hydrogen-bond donors (Lipinski definition) is 3. The maximum Gasteiger partial charge on any atom is 0.251 e. The van der Waals surface area contributed by atoms with Crippen LogP contribution in [0.15, 0.2) is 24.3 Å². The quantitative estimate of drug-likeness (QED) is 0.700. The third-order valence-electron chi connectivity index (χ3n) is 4.18. The smallest absolute Gasteiger partial charge is 0.251 e. The molecule has 8 heteroatoms. The van der Waals surface area contributed by atoms with Gasteiger partial charge in [-0.3, -0.25) is 24.6 Å². The maximum atomic E-state index is 12.3. The van der Waals surface area contributed by atoms with Crippen LogP contribution >= 0.6 is 0 Å². The van der Waals surface area contributed by atoms with E-state index in [-0.39, 0.29) is 36.6 Å². The van der Waals surface area contributed by atoms with Crippen molar-refractivity contribution in [2.24, 2.45) is 0 Å². The minimum atomic E-state index is -0.667. The number of benzene rings is 1. The molecule has 2 rings (SSSR count). The molecule has 140 valence electrons. The highest BCUT2D eigenvalue weighted by Crippen LogP contribution is 2.17. The van der Waals surface area contributed by atoms with Gasteiger partial charge >= 0.3 is 0 Å². The predicted octanol–water partition coefficient (Wildman–Crippen LogP) is 0.878. The van der Waals surface area contributed by atoms with Crippen LogP contribution in [0.1, 0.15) is 50.4 Å². The van der Waals surface area contributed by atoms with E-state index in [0.717, 1.165) is 6.42 Å². The molecule has 0 aliphatic carbocycles. The molecule has 1 heterocycles. The van der Waals surface area contributed by atoms with Crippen molar-refractivity contribution in [2.75, 3.05) is 5.01 Å². The van der Waals surface area contributed by atoms with Crippen LogP contribution in [-0.2, 0) is 14.4 Å². The van der Waals surface area contributed by atoms with Gasteiger partial charge in [0.05, 0.1) is 5.69 Å². The van der Waals surface area contributed by atoms with E-state index in [0.29, 0.717) is 11.3 Å². The van der Waals surface area contributed by atoms with Gasteiger partial charge < -0.3 is 10.6 Å². The lowest BCUT2D eigenvalue weighted by molar-refractivity contribution is -0.130. The minimum absolute atomic E-state index is 0.0402. The number of hydrazine groups is 1. The zero-order valence-corrected chi connectivity index (χ0v) is 15.2. The molecule has 2 atom stereocenters. The topological polar surface area (TPSA) is 108 Å². The summed E-state index contributed by atoms with van der Waals surface area (Å²) in [5, 5.41) is 6.62. The van der Waals surface area contributed by atoms with Crippen molar-refractivity contribution in [1.82, 2.24) is 16.1 Å². The lowest BCUT2D eigenvalue weighted by Gasteiger charge is -2.27. The van der Waals surface area contributed by atoms with Crippen molar-refractivity contribution in [2.45, 2.75) is 52.1 Å². The van der Waals surface area contributed by atoms with E-state index in [1.165, 1.54) is 17.1 Å². The first-order valence-electron chi connectivity index (χ1n) is 8.65. The van der Waals surface area contributed by atoms with E-state index < -0.39 is 11.9 Å². The second-order valence-corrected chi connectivity index (χ2v) is 6.32. The zero-order valence-electron chi connectivity index (χ0n) is 15.2. The third kappa shape index (κ3) is 4.81. The zero-order chi connectivity index (χ0) is 19.3. The molecular formula is C18H24N4O4. The molecule has 3 N–H and O–H groups in total. The molecule has 1 aromatic carbocycles. The van der Waals surface area contributed by atoms with E-state index in [1.807, 2.05) is 13.8 Å². The maximum absolute atomic E-state index is 12.3. The summed E-state index contributed by atoms with van der Waals surface area (Å²) in [6.07, 6.45) is 1.13. The molecule has 0 spiro atoms. The third-order valence-corrected chi connectivity index (χ3v) is 4.18. The molecule has 1 fully saturated rings. The molecule has 1 aliphatic rings. The van der Waals surface area contributed by atoms with Crippen LogP contribution in [0.5, 0.6) is 0 Å². The summed E-state index contributed by atoms with van der Waals surface area (Å²) in [6.45, 7) is 5.48. The summed E-state index contributed by atoms with van der Waals surface area (Å²) in [5.41, 5.74) is 3.32. The van der Waals surface area contributed by atoms with Crippen LogP contribution in [0.3, 0.4) is 0 Å². The highest BCUT2D eigenvalue weighted by atomic mass is 16.2. The van der Waals surface area contributed by atoms with Gasteiger partial charge in [0, 0.05) is 24.4 Å². The van der Waals surface area contributed by atoms with Gasteiger partial charge in [-0.15, -0.1) is 0 Å². The highest BCUT2D eigenvalue weighted by Gasteiger charge is 2.24. The summed E-state index contributed by atoms with van der Waals surface area (Å²) < 4.78 is 0. The number of carbonyl (C=O) groups excluding carboxylic acids is 4. The first kappa shape index (κ1) is 19.4. The number of amides is 4. The Morgan fingerprint density at radius 1 is 1.12 bits per heavy atom. The SMILES string of the molecule is CCC(C)NC(=O)C(C)NC(=O)c1ccc(N2NC(=O)CCC2=O)cc1. The largest absolute Gasteiger partial charge is 0.352 e. The summed E-state index contributed by atoms with van der Waals surface area (Å²) in [5.74, 6) is -1.08. The van der Waals surface area contributed by atoms with E-state index in [1.54, 1.807) is 19.1 Å². The number of nitrogens with one attached hydrogen (secondary N) is 3. The van der Waals surface area contributed by atoms with Crippen LogP contribution in [0, 0.1) is 0 Å². The van der Waals surface area contributed by atoms with Gasteiger partial charge in [0.1, 0.15) is 6.04 Å². The lowest BCUT2D eigenvalue weighted by atomic mass is 10.1. The number of rotatable bonds is 6. The molecule has 1 aliphatic heterocycles. The number of nitrogens with zero attached hydrogens (tertiary/aromatic N) is 1. The monoisotopic (exact) mass is 360 g/mol. The van der Waals surface area contributed by atoms with Gasteiger partial charge in [-0.25, -0.2) is 5.01 Å². The van der Waals surface area contributed by atoms with Crippen LogP contribution < -0.4 is 21.1 Å². The standard InChI is InChI=1S/C18H24N4O4/c1-4-11(2)19-17(25)12(3)20-18(26)13-5-7-14(8-6-13)22-16(24)10-9-15(23)21-22/h5-8,11-12H,4,9-10H2,1-3H3,(H,19,25)(H,20,26)(H,21,23). The molecule has 0 bridgehead atoms. The Labute approximate surface area is 152 Å². The Kier molecular flexibility index (Phi) is 6.32. The summed E-state index contributed by atoms with van der Waals surface area (Å²) in [6, 6.07) is 5.60. The van der Waals surface area contributed by atoms with E-state index in [4.69, 9.17) is 0 Å². The van der Waals surface area contributed by atoms with Crippen LogP contribution in [0.2, 0.25) is 0 Å². The van der Waals surface area contributed by atoms with Crippen LogP contribution in [0.25, 0.3) is 0 Å². The molecular weight excluding hydrogens is 336 g/mol. The molecule has 0 radical (unpaired) electrons. The molecule has 26 heavy (non-hydrogen) atoms. The van der Waals surface area contributed by atoms with Crippen molar-refractivity contribution >= 4 is 29.3 Å². The minimum Gasteiger partial charge on any atom is -0.352 e. The summed E-state index contributed by atoms with van der Waals surface area (Å²) >= 11 is 0. The first-order chi connectivity index (χ1) is 12.3. The Morgan fingerprint density at radius 3 is 2.38 bits per heavy atom. The fraction of sp³-hybridized carbons (Fsp3) is 0.444. The normalized spacial score (nSPS) is 16.5. The molecule has 1 saturated heterocycles. The lowest BCUT2D eigenvalue weighted by Crippen LogP contribution is -2.50. The Morgan fingerprint density at radius 2 is 1.77 bits per heavy atom. The average molecular weight is 360 g/mol. The molecule has 0 aromatic heterocycles. The molecule has 0 saturated carbocycles. The Hall–Kier alpha value is -2.90. The first-order valence-corrected chi connectivity index (χ1v) is 8.65. The van der Waals surface area contributed by atoms with Crippen molar-refractivity contribution in [3.63, 3.8) is 0 Å². The fourth-order valence-electron chi connectivity index (χ4n) is 2.36. The molecule has 1 aromatic rings. The van der Waals surface area contributed by atoms with Crippen LogP contribution in [-0.4, -0.2) is 35.7 Å². The van der Waals surface area contributed by atoms with Gasteiger partial charge in [-0.1, -0.05) is 6.92 Å². The Balaban J connectivity index is 1.99. The van der Waals surface area contributed by atoms with Crippen molar-refractivity contribution in [3.05, 3.63) is 29.8 Å². The molecule has 4 amide bonds. The Bertz CT molecular complexity index is 702. The van der Waals surface area contributed by atoms with Gasteiger partial charge in [0.15, 0.2) is 0 Å². The van der Waals surface area contributed by atoms with Gasteiger partial charge in [0.2, 0.25) is 17.7 Å². The summed E-state index contributed by atoms with van der Waals surface area (Å²) in [4.78, 5) is 47.6. The second kappa shape index (κ2) is 8.46. The average Bonchev–Trinajstić information content (AvgIpc) is 2.63. The van der Waals surface area contributed by atoms with Crippen molar-refractivity contribution in [1.29, 1.82) is 0 Å². The number of carbonyl (C=O) groups is 4. The summed E-state index contributed by atoms with van der Waals surface area (Å²) in [7, 11) is 0. The second-order valence-electron chi connectivity index (χ2n) is 6.32. The predicted molar refractivity (Wildman–Crippen MR) is 96.1 cm³/mol. The van der Waals surface area contributed by atoms with E-state index in [9.17, 15) is 19.2 Å².